The van der Waals surface area contributed by atoms with Crippen molar-refractivity contribution in [2.45, 2.75) is 25.9 Å². The number of carbonyl (C=O) groups is 2. The first-order valence-electron chi connectivity index (χ1n) is 9.42. The summed E-state index contributed by atoms with van der Waals surface area (Å²) >= 11 is 18.1. The number of amides is 2. The average Bonchev–Trinajstić information content (AvgIpc) is 2.71. The summed E-state index contributed by atoms with van der Waals surface area (Å²) in [6.45, 7) is 1.68. The SMILES string of the molecule is Cc1cc(/C=C/C(C)c2cc(Cl)c(Cl)c(Cl)c2)ccc1C(=O)NCC(=O)NCC(F)(F)F. The molecule has 0 bridgehead atoms. The second kappa shape index (κ2) is 11.1. The molecular weight excluding hydrogens is 488 g/mol. The Morgan fingerprint density at radius 2 is 1.69 bits per heavy atom. The molecule has 2 N–H and O–H groups in total. The summed E-state index contributed by atoms with van der Waals surface area (Å²) in [5.41, 5.74) is 2.68. The minimum atomic E-state index is -4.51. The van der Waals surface area contributed by atoms with E-state index in [4.69, 9.17) is 34.8 Å². The molecular formula is C22H20Cl3F3N2O2. The molecule has 4 nitrogen and oxygen atoms in total. The van der Waals surface area contributed by atoms with Gasteiger partial charge < -0.3 is 10.6 Å². The minimum Gasteiger partial charge on any atom is -0.345 e. The van der Waals surface area contributed by atoms with E-state index in [9.17, 15) is 22.8 Å². The first-order valence-corrected chi connectivity index (χ1v) is 10.6. The third-order valence-corrected chi connectivity index (χ3v) is 5.70. The van der Waals surface area contributed by atoms with E-state index >= 15 is 0 Å². The van der Waals surface area contributed by atoms with Crippen molar-refractivity contribution >= 4 is 52.7 Å². The van der Waals surface area contributed by atoms with Gasteiger partial charge in [-0.2, -0.15) is 13.2 Å². The van der Waals surface area contributed by atoms with Crippen molar-refractivity contribution in [2.24, 2.45) is 0 Å². The highest BCUT2D eigenvalue weighted by Crippen LogP contribution is 2.34. The Hall–Kier alpha value is -2.22. The van der Waals surface area contributed by atoms with E-state index in [-0.39, 0.29) is 5.92 Å². The topological polar surface area (TPSA) is 58.2 Å². The Kier molecular flexibility index (Phi) is 9.01. The highest BCUT2D eigenvalue weighted by atomic mass is 35.5. The van der Waals surface area contributed by atoms with Gasteiger partial charge in [-0.05, 0) is 47.7 Å². The van der Waals surface area contributed by atoms with Crippen molar-refractivity contribution in [1.29, 1.82) is 0 Å². The zero-order chi connectivity index (χ0) is 24.1. The van der Waals surface area contributed by atoms with Crippen LogP contribution in [-0.2, 0) is 4.79 Å². The fourth-order valence-electron chi connectivity index (χ4n) is 2.77. The zero-order valence-electron chi connectivity index (χ0n) is 17.1. The van der Waals surface area contributed by atoms with Crippen molar-refractivity contribution in [3.63, 3.8) is 0 Å². The van der Waals surface area contributed by atoms with E-state index in [0.29, 0.717) is 26.2 Å². The van der Waals surface area contributed by atoms with E-state index in [1.54, 1.807) is 42.6 Å². The maximum Gasteiger partial charge on any atom is 0.405 e. The maximum atomic E-state index is 12.3. The molecule has 0 heterocycles. The third kappa shape index (κ3) is 7.73. The molecule has 1 atom stereocenters. The van der Waals surface area contributed by atoms with Crippen molar-refractivity contribution < 1.29 is 22.8 Å². The van der Waals surface area contributed by atoms with Crippen molar-refractivity contribution in [3.05, 3.63) is 73.7 Å². The van der Waals surface area contributed by atoms with Gasteiger partial charge in [0.05, 0.1) is 21.6 Å². The van der Waals surface area contributed by atoms with Gasteiger partial charge in [0.25, 0.3) is 5.91 Å². The number of nitrogens with one attached hydrogen (secondary N) is 2. The van der Waals surface area contributed by atoms with Gasteiger partial charge >= 0.3 is 6.18 Å². The summed E-state index contributed by atoms with van der Waals surface area (Å²) in [5.74, 6) is -1.50. The van der Waals surface area contributed by atoms with Gasteiger partial charge in [-0.15, -0.1) is 0 Å². The van der Waals surface area contributed by atoms with Crippen LogP contribution in [0, 0.1) is 6.92 Å². The lowest BCUT2D eigenvalue weighted by molar-refractivity contribution is -0.137. The van der Waals surface area contributed by atoms with E-state index < -0.39 is 31.1 Å². The van der Waals surface area contributed by atoms with Crippen LogP contribution in [0.2, 0.25) is 15.1 Å². The Morgan fingerprint density at radius 3 is 2.25 bits per heavy atom. The summed E-state index contributed by atoms with van der Waals surface area (Å²) in [4.78, 5) is 23.7. The molecule has 2 aromatic rings. The molecule has 1 unspecified atom stereocenters. The van der Waals surface area contributed by atoms with E-state index in [2.05, 4.69) is 5.32 Å². The molecule has 32 heavy (non-hydrogen) atoms. The Balaban J connectivity index is 2.00. The molecule has 0 aromatic heterocycles. The highest BCUT2D eigenvalue weighted by molar-refractivity contribution is 6.48. The predicted octanol–water partition coefficient (Wildman–Crippen LogP) is 6.18. The molecule has 2 aromatic carbocycles. The van der Waals surface area contributed by atoms with Crippen LogP contribution in [0.4, 0.5) is 13.2 Å². The van der Waals surface area contributed by atoms with Crippen LogP contribution in [0.1, 0.15) is 39.9 Å². The molecule has 10 heteroatoms. The molecule has 0 fully saturated rings. The largest absolute Gasteiger partial charge is 0.405 e. The van der Waals surface area contributed by atoms with Crippen molar-refractivity contribution in [1.82, 2.24) is 10.6 Å². The summed E-state index contributed by atoms with van der Waals surface area (Å²) in [6, 6.07) is 8.57. The number of alkyl halides is 3. The number of halogens is 6. The Labute approximate surface area is 198 Å². The first kappa shape index (κ1) is 26.0. The van der Waals surface area contributed by atoms with Crippen molar-refractivity contribution in [2.75, 3.05) is 13.1 Å². The third-order valence-electron chi connectivity index (χ3n) is 4.50. The highest BCUT2D eigenvalue weighted by Gasteiger charge is 2.27. The molecule has 0 aliphatic rings. The number of aryl methyl sites for hydroxylation is 1. The monoisotopic (exact) mass is 506 g/mol. The molecule has 0 aliphatic heterocycles. The lowest BCUT2D eigenvalue weighted by atomic mass is 9.98. The molecule has 0 spiro atoms. The molecule has 2 rings (SSSR count). The fraction of sp³-hybridized carbons (Fsp3) is 0.273. The summed E-state index contributed by atoms with van der Waals surface area (Å²) in [6.07, 6.45) is -0.695. The molecule has 0 aliphatic carbocycles. The maximum absolute atomic E-state index is 12.3. The minimum absolute atomic E-state index is 0.0132. The van der Waals surface area contributed by atoms with Crippen LogP contribution in [0.5, 0.6) is 0 Å². The van der Waals surface area contributed by atoms with Crippen LogP contribution in [0.3, 0.4) is 0 Å². The van der Waals surface area contributed by atoms with Gasteiger partial charge in [-0.25, -0.2) is 0 Å². The van der Waals surface area contributed by atoms with Gasteiger partial charge in [0.1, 0.15) is 6.54 Å². The Bertz CT molecular complexity index is 1020. The second-order valence-corrected chi connectivity index (χ2v) is 8.29. The number of allylic oxidation sites excluding steroid dienone is 1. The quantitative estimate of drug-likeness (QED) is 0.440. The smallest absolute Gasteiger partial charge is 0.345 e. The number of carbonyl (C=O) groups excluding carboxylic acids is 2. The normalized spacial score (nSPS) is 12.6. The van der Waals surface area contributed by atoms with E-state index in [1.165, 1.54) is 0 Å². The summed E-state index contributed by atoms with van der Waals surface area (Å²) in [5, 5.41) is 5.04. The Morgan fingerprint density at radius 1 is 1.06 bits per heavy atom. The molecule has 0 radical (unpaired) electrons. The van der Waals surface area contributed by atoms with Gasteiger partial charge in [0.2, 0.25) is 5.91 Å². The lowest BCUT2D eigenvalue weighted by Crippen LogP contribution is -2.41. The summed E-state index contributed by atoms with van der Waals surface area (Å²) in [7, 11) is 0. The predicted molar refractivity (Wildman–Crippen MR) is 121 cm³/mol. The van der Waals surface area contributed by atoms with Gasteiger partial charge in [0.15, 0.2) is 0 Å². The van der Waals surface area contributed by atoms with Crippen LogP contribution < -0.4 is 10.6 Å². The van der Waals surface area contributed by atoms with Crippen LogP contribution in [0.25, 0.3) is 6.08 Å². The van der Waals surface area contributed by atoms with Gasteiger partial charge in [-0.1, -0.05) is 66.0 Å². The van der Waals surface area contributed by atoms with E-state index in [0.717, 1.165) is 11.1 Å². The lowest BCUT2D eigenvalue weighted by Gasteiger charge is -2.11. The number of hydrogen-bond acceptors (Lipinski definition) is 2. The number of benzene rings is 2. The second-order valence-electron chi connectivity index (χ2n) is 7.10. The van der Waals surface area contributed by atoms with E-state index in [1.807, 2.05) is 19.1 Å². The van der Waals surface area contributed by atoms with Crippen molar-refractivity contribution in [3.8, 4) is 0 Å². The molecule has 0 saturated heterocycles. The van der Waals surface area contributed by atoms with Crippen LogP contribution in [-0.4, -0.2) is 31.1 Å². The first-order chi connectivity index (χ1) is 14.9. The fourth-order valence-corrected chi connectivity index (χ4v) is 3.38. The molecule has 2 amide bonds. The average molecular weight is 508 g/mol. The van der Waals surface area contributed by atoms with Gasteiger partial charge in [-0.3, -0.25) is 9.59 Å². The molecule has 172 valence electrons. The van der Waals surface area contributed by atoms with Crippen LogP contribution in [0.15, 0.2) is 36.4 Å². The molecule has 0 saturated carbocycles. The van der Waals surface area contributed by atoms with Gasteiger partial charge in [0, 0.05) is 5.56 Å². The zero-order valence-corrected chi connectivity index (χ0v) is 19.4. The summed E-state index contributed by atoms with van der Waals surface area (Å²) < 4.78 is 36.3. The standard InChI is InChI=1S/C22H20Cl3F3N2O2/c1-12(15-8-17(23)20(25)18(24)9-15)3-4-14-5-6-16(13(2)7-14)21(32)29-10-19(31)30-11-22(26,27)28/h3-9,12H,10-11H2,1-2H3,(H,29,32)(H,30,31)/b4-3+. The number of hydrogen-bond donors (Lipinski definition) is 2. The number of rotatable bonds is 7. The van der Waals surface area contributed by atoms with Crippen LogP contribution >= 0.6 is 34.8 Å².